The number of nitrogens with zero attached hydrogens (tertiary/aromatic N) is 1. The summed E-state index contributed by atoms with van der Waals surface area (Å²) in [6, 6.07) is 6.17. The van der Waals surface area contributed by atoms with Gasteiger partial charge in [0.2, 0.25) is 5.91 Å². The van der Waals surface area contributed by atoms with Gasteiger partial charge in [-0.15, -0.1) is 11.3 Å². The molecule has 0 aliphatic carbocycles. The maximum absolute atomic E-state index is 11.9. The van der Waals surface area contributed by atoms with Crippen molar-refractivity contribution in [3.05, 3.63) is 44.9 Å². The van der Waals surface area contributed by atoms with Crippen LogP contribution in [0.3, 0.4) is 0 Å². The lowest BCUT2D eigenvalue weighted by Gasteiger charge is -2.14. The Balaban J connectivity index is 1.79. The van der Waals surface area contributed by atoms with E-state index in [1.165, 1.54) is 0 Å². The molecule has 0 fully saturated rings. The minimum atomic E-state index is -0.404. The lowest BCUT2D eigenvalue weighted by Crippen LogP contribution is -2.41. The predicted octanol–water partition coefficient (Wildman–Crippen LogP) is 3.41. The molecule has 1 unspecified atom stereocenters. The Bertz CT molecular complexity index is 730. The SMILES string of the molecule is Cc1nc(C)c(C(C)NC(=O)NCC(=O)Nc2ccc(Cl)cc2)s1. The lowest BCUT2D eigenvalue weighted by atomic mass is 10.2. The lowest BCUT2D eigenvalue weighted by molar-refractivity contribution is -0.115. The molecular formula is C16H19ClN4O2S. The second-order valence-corrected chi connectivity index (χ2v) is 6.96. The molecular weight excluding hydrogens is 348 g/mol. The molecule has 1 aromatic carbocycles. The fourth-order valence-electron chi connectivity index (χ4n) is 2.16. The standard InChI is InChI=1S/C16H19ClN4O2S/c1-9-15(24-11(3)19-9)10(2)20-16(23)18-8-14(22)21-13-6-4-12(17)5-7-13/h4-7,10H,8H2,1-3H3,(H,21,22)(H2,18,20,23). The maximum Gasteiger partial charge on any atom is 0.315 e. The van der Waals surface area contributed by atoms with Gasteiger partial charge in [0.1, 0.15) is 0 Å². The molecule has 0 saturated heterocycles. The first-order valence-corrected chi connectivity index (χ1v) is 8.58. The summed E-state index contributed by atoms with van der Waals surface area (Å²) in [4.78, 5) is 29.1. The van der Waals surface area contributed by atoms with Gasteiger partial charge in [-0.05, 0) is 45.0 Å². The summed E-state index contributed by atoms with van der Waals surface area (Å²) in [6.07, 6.45) is 0. The summed E-state index contributed by atoms with van der Waals surface area (Å²) in [5.74, 6) is -0.315. The fourth-order valence-corrected chi connectivity index (χ4v) is 3.22. The van der Waals surface area contributed by atoms with Crippen molar-refractivity contribution in [2.45, 2.75) is 26.8 Å². The van der Waals surface area contributed by atoms with E-state index >= 15 is 0 Å². The van der Waals surface area contributed by atoms with Gasteiger partial charge in [0, 0.05) is 15.6 Å². The van der Waals surface area contributed by atoms with E-state index in [4.69, 9.17) is 11.6 Å². The monoisotopic (exact) mass is 366 g/mol. The summed E-state index contributed by atoms with van der Waals surface area (Å²) in [5.41, 5.74) is 1.53. The van der Waals surface area contributed by atoms with Gasteiger partial charge in [-0.25, -0.2) is 9.78 Å². The molecule has 128 valence electrons. The highest BCUT2D eigenvalue weighted by Gasteiger charge is 2.15. The number of hydrogen-bond acceptors (Lipinski definition) is 4. The smallest absolute Gasteiger partial charge is 0.315 e. The zero-order valence-corrected chi connectivity index (χ0v) is 15.2. The van der Waals surface area contributed by atoms with Crippen molar-refractivity contribution in [2.75, 3.05) is 11.9 Å². The van der Waals surface area contributed by atoms with Crippen molar-refractivity contribution >= 4 is 40.6 Å². The molecule has 6 nitrogen and oxygen atoms in total. The summed E-state index contributed by atoms with van der Waals surface area (Å²) >= 11 is 7.33. The van der Waals surface area contributed by atoms with Gasteiger partial charge in [-0.1, -0.05) is 11.6 Å². The van der Waals surface area contributed by atoms with E-state index in [-0.39, 0.29) is 18.5 Å². The number of thiazole rings is 1. The minimum absolute atomic E-state index is 0.123. The van der Waals surface area contributed by atoms with Crippen LogP contribution in [-0.2, 0) is 4.79 Å². The van der Waals surface area contributed by atoms with Crippen LogP contribution < -0.4 is 16.0 Å². The Morgan fingerprint density at radius 1 is 1.25 bits per heavy atom. The normalized spacial score (nSPS) is 11.7. The van der Waals surface area contributed by atoms with Crippen LogP contribution >= 0.6 is 22.9 Å². The highest BCUT2D eigenvalue weighted by atomic mass is 35.5. The molecule has 3 N–H and O–H groups in total. The first-order valence-electron chi connectivity index (χ1n) is 7.39. The number of anilines is 1. The quantitative estimate of drug-likeness (QED) is 0.758. The Labute approximate surface area is 149 Å². The van der Waals surface area contributed by atoms with Gasteiger partial charge in [-0.3, -0.25) is 4.79 Å². The predicted molar refractivity (Wildman–Crippen MR) is 96.6 cm³/mol. The number of hydrogen-bond donors (Lipinski definition) is 3. The third kappa shape index (κ3) is 5.21. The van der Waals surface area contributed by atoms with Crippen LogP contribution in [0.15, 0.2) is 24.3 Å². The van der Waals surface area contributed by atoms with E-state index in [0.717, 1.165) is 15.6 Å². The molecule has 1 atom stereocenters. The zero-order chi connectivity index (χ0) is 17.7. The van der Waals surface area contributed by atoms with E-state index in [1.54, 1.807) is 35.6 Å². The van der Waals surface area contributed by atoms with Crippen molar-refractivity contribution < 1.29 is 9.59 Å². The topological polar surface area (TPSA) is 83.1 Å². The second kappa shape index (κ2) is 8.12. The molecule has 0 saturated carbocycles. The number of carbonyl (C=O) groups excluding carboxylic acids is 2. The van der Waals surface area contributed by atoms with Gasteiger partial charge in [0.05, 0.1) is 23.3 Å². The number of amides is 3. The van der Waals surface area contributed by atoms with E-state index in [0.29, 0.717) is 10.7 Å². The van der Waals surface area contributed by atoms with Crippen molar-refractivity contribution in [1.29, 1.82) is 0 Å². The third-order valence-electron chi connectivity index (χ3n) is 3.22. The highest BCUT2D eigenvalue weighted by Crippen LogP contribution is 2.24. The van der Waals surface area contributed by atoms with E-state index in [1.807, 2.05) is 20.8 Å². The van der Waals surface area contributed by atoms with Crippen LogP contribution in [0.5, 0.6) is 0 Å². The van der Waals surface area contributed by atoms with Crippen LogP contribution in [0.2, 0.25) is 5.02 Å². The molecule has 0 aliphatic rings. The number of rotatable bonds is 5. The molecule has 24 heavy (non-hydrogen) atoms. The van der Waals surface area contributed by atoms with Crippen LogP contribution in [0.4, 0.5) is 10.5 Å². The van der Waals surface area contributed by atoms with Crippen molar-refractivity contribution in [3.8, 4) is 0 Å². The van der Waals surface area contributed by atoms with Gasteiger partial charge >= 0.3 is 6.03 Å². The molecule has 3 amide bonds. The zero-order valence-electron chi connectivity index (χ0n) is 13.6. The largest absolute Gasteiger partial charge is 0.331 e. The Kier molecular flexibility index (Phi) is 6.16. The molecule has 2 rings (SSSR count). The van der Waals surface area contributed by atoms with Crippen molar-refractivity contribution in [2.24, 2.45) is 0 Å². The number of aryl methyl sites for hydroxylation is 2. The summed E-state index contributed by atoms with van der Waals surface area (Å²) in [5, 5.41) is 9.56. The highest BCUT2D eigenvalue weighted by molar-refractivity contribution is 7.11. The van der Waals surface area contributed by atoms with Gasteiger partial charge < -0.3 is 16.0 Å². The molecule has 0 radical (unpaired) electrons. The minimum Gasteiger partial charge on any atom is -0.331 e. The van der Waals surface area contributed by atoms with Gasteiger partial charge in [0.15, 0.2) is 0 Å². The number of aromatic nitrogens is 1. The van der Waals surface area contributed by atoms with Crippen LogP contribution in [0.25, 0.3) is 0 Å². The fraction of sp³-hybridized carbons (Fsp3) is 0.312. The number of urea groups is 1. The van der Waals surface area contributed by atoms with Crippen molar-refractivity contribution in [1.82, 2.24) is 15.6 Å². The van der Waals surface area contributed by atoms with Crippen molar-refractivity contribution in [3.63, 3.8) is 0 Å². The van der Waals surface area contributed by atoms with Gasteiger partial charge in [-0.2, -0.15) is 0 Å². The van der Waals surface area contributed by atoms with E-state index in [2.05, 4.69) is 20.9 Å². The first-order chi connectivity index (χ1) is 11.3. The third-order valence-corrected chi connectivity index (χ3v) is 4.73. The maximum atomic E-state index is 11.9. The summed E-state index contributed by atoms with van der Waals surface area (Å²) in [6.45, 7) is 5.60. The number of benzene rings is 1. The molecule has 0 spiro atoms. The molecule has 1 heterocycles. The van der Waals surface area contributed by atoms with E-state index < -0.39 is 6.03 Å². The Hall–Kier alpha value is -2.12. The average molecular weight is 367 g/mol. The molecule has 1 aromatic heterocycles. The molecule has 2 aromatic rings. The first kappa shape index (κ1) is 18.2. The van der Waals surface area contributed by atoms with Crippen LogP contribution in [0.1, 0.15) is 28.5 Å². The number of halogens is 1. The van der Waals surface area contributed by atoms with Crippen LogP contribution in [-0.4, -0.2) is 23.5 Å². The molecule has 0 bridgehead atoms. The number of carbonyl (C=O) groups is 2. The Morgan fingerprint density at radius 2 is 1.92 bits per heavy atom. The molecule has 0 aliphatic heterocycles. The van der Waals surface area contributed by atoms with Crippen LogP contribution in [0, 0.1) is 13.8 Å². The van der Waals surface area contributed by atoms with Gasteiger partial charge in [0.25, 0.3) is 0 Å². The molecule has 8 heteroatoms. The summed E-state index contributed by atoms with van der Waals surface area (Å²) in [7, 11) is 0. The Morgan fingerprint density at radius 3 is 2.50 bits per heavy atom. The second-order valence-electron chi connectivity index (χ2n) is 5.29. The average Bonchev–Trinajstić information content (AvgIpc) is 2.86. The summed E-state index contributed by atoms with van der Waals surface area (Å²) < 4.78 is 0. The van der Waals surface area contributed by atoms with E-state index in [9.17, 15) is 9.59 Å². The number of nitrogens with one attached hydrogen (secondary N) is 3.